The molecule has 0 aromatic heterocycles. The van der Waals surface area contributed by atoms with E-state index in [1.807, 2.05) is 19.1 Å². The van der Waals surface area contributed by atoms with Crippen molar-refractivity contribution in [2.45, 2.75) is 39.2 Å². The normalized spacial score (nSPS) is 21.2. The molecule has 1 aliphatic carbocycles. The third-order valence-corrected chi connectivity index (χ3v) is 4.15. The van der Waals surface area contributed by atoms with Crippen molar-refractivity contribution in [2.75, 3.05) is 5.32 Å². The minimum atomic E-state index is -0.853. The standard InChI is InChI=1S/C18H21F2NO3/c1-3-11(2)24-18(23)14-7-5-4-6-13(14)17(22)21-16-9-8-12(19)10-15(16)20/h4-5,8-11,13-14H,3,6-7H2,1-2H3,(H,21,22)/t11-,13+,14-/m1/s1. The molecule has 0 aliphatic heterocycles. The van der Waals surface area contributed by atoms with Gasteiger partial charge in [0, 0.05) is 6.07 Å². The van der Waals surface area contributed by atoms with Gasteiger partial charge in [0.25, 0.3) is 0 Å². The van der Waals surface area contributed by atoms with Gasteiger partial charge >= 0.3 is 5.97 Å². The lowest BCUT2D eigenvalue weighted by molar-refractivity contribution is -0.157. The van der Waals surface area contributed by atoms with Crippen molar-refractivity contribution < 1.29 is 23.1 Å². The van der Waals surface area contributed by atoms with Crippen LogP contribution in [0.4, 0.5) is 14.5 Å². The summed E-state index contributed by atoms with van der Waals surface area (Å²) < 4.78 is 32.0. The monoisotopic (exact) mass is 337 g/mol. The number of esters is 1. The van der Waals surface area contributed by atoms with Crippen molar-refractivity contribution in [1.82, 2.24) is 0 Å². The SMILES string of the molecule is CC[C@@H](C)OC(=O)[C@@H]1CC=CC[C@@H]1C(=O)Nc1ccc(F)cc1F. The van der Waals surface area contributed by atoms with Gasteiger partial charge in [0.1, 0.15) is 11.6 Å². The van der Waals surface area contributed by atoms with Crippen LogP contribution in [0.3, 0.4) is 0 Å². The van der Waals surface area contributed by atoms with E-state index in [1.54, 1.807) is 6.92 Å². The van der Waals surface area contributed by atoms with E-state index >= 15 is 0 Å². The minimum Gasteiger partial charge on any atom is -0.462 e. The fourth-order valence-electron chi connectivity index (χ4n) is 2.55. The fourth-order valence-corrected chi connectivity index (χ4v) is 2.55. The highest BCUT2D eigenvalue weighted by Crippen LogP contribution is 2.29. The lowest BCUT2D eigenvalue weighted by atomic mass is 9.82. The van der Waals surface area contributed by atoms with Crippen LogP contribution in [-0.2, 0) is 14.3 Å². The van der Waals surface area contributed by atoms with Crippen LogP contribution in [0.2, 0.25) is 0 Å². The molecule has 0 saturated carbocycles. The molecular formula is C18H21F2NO3. The van der Waals surface area contributed by atoms with Crippen molar-refractivity contribution in [3.63, 3.8) is 0 Å². The average molecular weight is 337 g/mol. The molecule has 0 radical (unpaired) electrons. The van der Waals surface area contributed by atoms with Crippen LogP contribution < -0.4 is 5.32 Å². The van der Waals surface area contributed by atoms with Crippen molar-refractivity contribution in [1.29, 1.82) is 0 Å². The molecule has 0 unspecified atom stereocenters. The third-order valence-electron chi connectivity index (χ3n) is 4.15. The highest BCUT2D eigenvalue weighted by molar-refractivity contribution is 5.95. The maximum Gasteiger partial charge on any atom is 0.310 e. The molecule has 1 aromatic rings. The molecule has 0 saturated heterocycles. The van der Waals surface area contributed by atoms with E-state index in [4.69, 9.17) is 4.74 Å². The van der Waals surface area contributed by atoms with Gasteiger partial charge in [-0.2, -0.15) is 0 Å². The number of nitrogens with one attached hydrogen (secondary N) is 1. The molecule has 1 N–H and O–H groups in total. The van der Waals surface area contributed by atoms with Crippen molar-refractivity contribution >= 4 is 17.6 Å². The summed E-state index contributed by atoms with van der Waals surface area (Å²) in [7, 11) is 0. The third kappa shape index (κ3) is 4.40. The van der Waals surface area contributed by atoms with E-state index in [2.05, 4.69) is 5.32 Å². The van der Waals surface area contributed by atoms with Crippen LogP contribution in [0.15, 0.2) is 30.4 Å². The van der Waals surface area contributed by atoms with Gasteiger partial charge in [-0.25, -0.2) is 8.78 Å². The van der Waals surface area contributed by atoms with E-state index in [0.717, 1.165) is 12.1 Å². The van der Waals surface area contributed by atoms with Crippen LogP contribution in [-0.4, -0.2) is 18.0 Å². The maximum absolute atomic E-state index is 13.7. The zero-order chi connectivity index (χ0) is 17.7. The summed E-state index contributed by atoms with van der Waals surface area (Å²) in [6, 6.07) is 2.92. The smallest absolute Gasteiger partial charge is 0.310 e. The summed E-state index contributed by atoms with van der Waals surface area (Å²) in [6.07, 6.45) is 4.89. The summed E-state index contributed by atoms with van der Waals surface area (Å²) in [5, 5.41) is 2.44. The molecule has 130 valence electrons. The molecular weight excluding hydrogens is 316 g/mol. The van der Waals surface area contributed by atoms with E-state index < -0.39 is 35.3 Å². The van der Waals surface area contributed by atoms with Gasteiger partial charge in [-0.1, -0.05) is 19.1 Å². The second-order valence-electron chi connectivity index (χ2n) is 5.92. The number of halogens is 2. The Morgan fingerprint density at radius 2 is 1.92 bits per heavy atom. The largest absolute Gasteiger partial charge is 0.462 e. The number of ether oxygens (including phenoxy) is 1. The number of allylic oxidation sites excluding steroid dienone is 2. The number of benzene rings is 1. The first-order valence-electron chi connectivity index (χ1n) is 8.03. The molecule has 0 spiro atoms. The number of carbonyl (C=O) groups is 2. The fraction of sp³-hybridized carbons (Fsp3) is 0.444. The first kappa shape index (κ1) is 18.1. The number of carbonyl (C=O) groups excluding carboxylic acids is 2. The van der Waals surface area contributed by atoms with Gasteiger partial charge in [0.05, 0.1) is 23.6 Å². The zero-order valence-corrected chi connectivity index (χ0v) is 13.7. The summed E-state index contributed by atoms with van der Waals surface area (Å²) in [6.45, 7) is 3.69. The van der Waals surface area contributed by atoms with Crippen molar-refractivity contribution in [3.8, 4) is 0 Å². The van der Waals surface area contributed by atoms with E-state index in [9.17, 15) is 18.4 Å². The van der Waals surface area contributed by atoms with Crippen LogP contribution >= 0.6 is 0 Å². The summed E-state index contributed by atoms with van der Waals surface area (Å²) in [4.78, 5) is 24.7. The molecule has 0 bridgehead atoms. The predicted octanol–water partition coefficient (Wildman–Crippen LogP) is 3.83. The number of anilines is 1. The molecule has 0 heterocycles. The molecule has 2 rings (SSSR count). The second-order valence-corrected chi connectivity index (χ2v) is 5.92. The van der Waals surface area contributed by atoms with E-state index in [0.29, 0.717) is 25.3 Å². The highest BCUT2D eigenvalue weighted by atomic mass is 19.1. The van der Waals surface area contributed by atoms with Crippen LogP contribution in [0, 0.1) is 23.5 Å². The Morgan fingerprint density at radius 3 is 2.54 bits per heavy atom. The van der Waals surface area contributed by atoms with Gasteiger partial charge in [-0.3, -0.25) is 9.59 Å². The molecule has 0 fully saturated rings. The Kier molecular flexibility index (Phi) is 6.06. The molecule has 1 amide bonds. The number of hydrogen-bond acceptors (Lipinski definition) is 3. The van der Waals surface area contributed by atoms with Gasteiger partial charge in [0.15, 0.2) is 0 Å². The number of hydrogen-bond donors (Lipinski definition) is 1. The number of amides is 1. The first-order chi connectivity index (χ1) is 11.4. The van der Waals surface area contributed by atoms with E-state index in [1.165, 1.54) is 0 Å². The van der Waals surface area contributed by atoms with Crippen molar-refractivity contribution in [2.24, 2.45) is 11.8 Å². The Hall–Kier alpha value is -2.24. The Morgan fingerprint density at radius 1 is 1.25 bits per heavy atom. The van der Waals surface area contributed by atoms with Crippen molar-refractivity contribution in [3.05, 3.63) is 42.0 Å². The lowest BCUT2D eigenvalue weighted by Gasteiger charge is -2.27. The van der Waals surface area contributed by atoms with Crippen LogP contribution in [0.1, 0.15) is 33.1 Å². The average Bonchev–Trinajstić information content (AvgIpc) is 2.57. The molecule has 3 atom stereocenters. The lowest BCUT2D eigenvalue weighted by Crippen LogP contribution is -2.36. The number of rotatable bonds is 5. The highest BCUT2D eigenvalue weighted by Gasteiger charge is 2.36. The van der Waals surface area contributed by atoms with Crippen LogP contribution in [0.25, 0.3) is 0 Å². The Balaban J connectivity index is 2.10. The van der Waals surface area contributed by atoms with Gasteiger partial charge in [-0.15, -0.1) is 0 Å². The summed E-state index contributed by atoms with van der Waals surface area (Å²) in [5.41, 5.74) is -0.106. The first-order valence-corrected chi connectivity index (χ1v) is 8.03. The molecule has 6 heteroatoms. The summed E-state index contributed by atoms with van der Waals surface area (Å²) in [5.74, 6) is -3.72. The van der Waals surface area contributed by atoms with Gasteiger partial charge < -0.3 is 10.1 Å². The maximum atomic E-state index is 13.7. The molecule has 24 heavy (non-hydrogen) atoms. The minimum absolute atomic E-state index is 0.106. The van der Waals surface area contributed by atoms with Gasteiger partial charge in [0.2, 0.25) is 5.91 Å². The molecule has 1 aromatic carbocycles. The zero-order valence-electron chi connectivity index (χ0n) is 13.7. The van der Waals surface area contributed by atoms with Gasteiger partial charge in [-0.05, 0) is 38.3 Å². The second kappa shape index (κ2) is 8.04. The Labute approximate surface area is 139 Å². The molecule has 4 nitrogen and oxygen atoms in total. The van der Waals surface area contributed by atoms with Crippen LogP contribution in [0.5, 0.6) is 0 Å². The molecule has 1 aliphatic rings. The predicted molar refractivity (Wildman–Crippen MR) is 86.2 cm³/mol. The Bertz CT molecular complexity index is 645. The summed E-state index contributed by atoms with van der Waals surface area (Å²) >= 11 is 0. The van der Waals surface area contributed by atoms with E-state index in [-0.39, 0.29) is 11.8 Å². The quantitative estimate of drug-likeness (QED) is 0.656. The topological polar surface area (TPSA) is 55.4 Å².